The van der Waals surface area contributed by atoms with Crippen molar-refractivity contribution >= 4 is 28.9 Å². The number of hydrogen-bond donors (Lipinski definition) is 1. The topological polar surface area (TPSA) is 60.9 Å². The highest BCUT2D eigenvalue weighted by Gasteiger charge is 2.25. The van der Waals surface area contributed by atoms with Gasteiger partial charge in [-0.05, 0) is 35.1 Å². The van der Waals surface area contributed by atoms with Crippen molar-refractivity contribution in [2.75, 3.05) is 23.4 Å². The van der Waals surface area contributed by atoms with Gasteiger partial charge in [0.05, 0.1) is 11.1 Å². The summed E-state index contributed by atoms with van der Waals surface area (Å²) in [6, 6.07) is 17.2. The largest absolute Gasteiger partial charge is 0.351 e. The molecule has 0 bridgehead atoms. The second-order valence-electron chi connectivity index (χ2n) is 8.69. The van der Waals surface area contributed by atoms with E-state index in [-0.39, 0.29) is 0 Å². The van der Waals surface area contributed by atoms with Gasteiger partial charge in [0.25, 0.3) is 0 Å². The highest BCUT2D eigenvalue weighted by atomic mass is 15.3. The lowest BCUT2D eigenvalue weighted by atomic mass is 9.93. The van der Waals surface area contributed by atoms with E-state index in [1.54, 1.807) is 0 Å². The number of hydrogen-bond acceptors (Lipinski definition) is 5. The molecule has 1 N–H and O–H groups in total. The molecule has 6 nitrogen and oxygen atoms in total. The first-order valence-electron chi connectivity index (χ1n) is 11.3. The average Bonchev–Trinajstić information content (AvgIpc) is 3.26. The van der Waals surface area contributed by atoms with E-state index in [4.69, 9.17) is 9.97 Å². The van der Waals surface area contributed by atoms with Crippen LogP contribution in [0, 0.1) is 0 Å². The Kier molecular flexibility index (Phi) is 4.63. The molecule has 2 aromatic carbocycles. The zero-order chi connectivity index (χ0) is 21.5. The summed E-state index contributed by atoms with van der Waals surface area (Å²) in [5, 5.41) is 8.76. The van der Waals surface area contributed by atoms with Gasteiger partial charge in [-0.25, -0.2) is 0 Å². The minimum Gasteiger partial charge on any atom is -0.351 e. The first-order chi connectivity index (χ1) is 15.8. The van der Waals surface area contributed by atoms with Gasteiger partial charge in [-0.15, -0.1) is 0 Å². The van der Waals surface area contributed by atoms with Gasteiger partial charge in [0.2, 0.25) is 5.95 Å². The third kappa shape index (κ3) is 3.32. The van der Waals surface area contributed by atoms with Gasteiger partial charge in [-0.3, -0.25) is 5.10 Å². The van der Waals surface area contributed by atoms with Crippen molar-refractivity contribution in [3.05, 3.63) is 82.6 Å². The predicted molar refractivity (Wildman–Crippen MR) is 129 cm³/mol. The van der Waals surface area contributed by atoms with Gasteiger partial charge in [0, 0.05) is 33.1 Å². The molecule has 1 aliphatic heterocycles. The normalized spacial score (nSPS) is 14.6. The Morgan fingerprint density at radius 2 is 1.94 bits per heavy atom. The summed E-state index contributed by atoms with van der Waals surface area (Å²) >= 11 is 0. The summed E-state index contributed by atoms with van der Waals surface area (Å²) < 4.78 is 0. The molecular weight excluding hydrogens is 396 g/mol. The summed E-state index contributed by atoms with van der Waals surface area (Å²) in [5.74, 6) is 1.69. The van der Waals surface area contributed by atoms with Crippen LogP contribution in [0.1, 0.15) is 34.4 Å². The van der Waals surface area contributed by atoms with Gasteiger partial charge in [-0.2, -0.15) is 15.1 Å². The molecule has 160 valence electrons. The molecule has 2 aliphatic rings. The van der Waals surface area contributed by atoms with E-state index >= 15 is 0 Å². The predicted octanol–water partition coefficient (Wildman–Crippen LogP) is 4.51. The number of allylic oxidation sites excluding steroid dienone is 1. The van der Waals surface area contributed by atoms with Crippen LogP contribution in [-0.2, 0) is 25.9 Å². The third-order valence-electron chi connectivity index (χ3n) is 6.51. The summed E-state index contributed by atoms with van der Waals surface area (Å²) in [6.45, 7) is 2.50. The molecule has 6 heteroatoms. The summed E-state index contributed by atoms with van der Waals surface area (Å²) in [6.07, 6.45) is 7.69. The Labute approximate surface area is 187 Å². The molecule has 0 atom stereocenters. The summed E-state index contributed by atoms with van der Waals surface area (Å²) in [7, 11) is 2.07. The van der Waals surface area contributed by atoms with Crippen LogP contribution in [0.4, 0.5) is 11.8 Å². The average molecular weight is 423 g/mol. The van der Waals surface area contributed by atoms with Crippen molar-refractivity contribution in [1.82, 2.24) is 20.2 Å². The minimum absolute atomic E-state index is 0.711. The second kappa shape index (κ2) is 7.79. The third-order valence-corrected chi connectivity index (χ3v) is 6.51. The highest BCUT2D eigenvalue weighted by Crippen LogP contribution is 2.33. The molecule has 6 rings (SSSR count). The fourth-order valence-electron chi connectivity index (χ4n) is 4.85. The number of aromatic nitrogens is 4. The Bertz CT molecular complexity index is 1310. The molecule has 0 spiro atoms. The van der Waals surface area contributed by atoms with Crippen molar-refractivity contribution in [2.45, 2.75) is 32.4 Å². The van der Waals surface area contributed by atoms with Crippen molar-refractivity contribution < 1.29 is 0 Å². The summed E-state index contributed by atoms with van der Waals surface area (Å²) in [5.41, 5.74) is 7.25. The number of aryl methyl sites for hydroxylation is 1. The van der Waals surface area contributed by atoms with E-state index in [1.165, 1.54) is 22.3 Å². The fraction of sp³-hybridized carbons (Fsp3) is 0.269. The number of anilines is 2. The maximum atomic E-state index is 5.05. The molecule has 2 aromatic heterocycles. The van der Waals surface area contributed by atoms with Crippen LogP contribution >= 0.6 is 0 Å². The van der Waals surface area contributed by atoms with Crippen LogP contribution < -0.4 is 9.80 Å². The van der Waals surface area contributed by atoms with E-state index in [2.05, 4.69) is 87.7 Å². The first-order valence-corrected chi connectivity index (χ1v) is 11.3. The molecule has 0 saturated heterocycles. The van der Waals surface area contributed by atoms with E-state index in [9.17, 15) is 0 Å². The van der Waals surface area contributed by atoms with E-state index in [1.807, 2.05) is 0 Å². The molecule has 0 radical (unpaired) electrons. The molecule has 0 amide bonds. The molecule has 0 fully saturated rings. The zero-order valence-electron chi connectivity index (χ0n) is 18.3. The summed E-state index contributed by atoms with van der Waals surface area (Å²) in [4.78, 5) is 14.4. The smallest absolute Gasteiger partial charge is 0.229 e. The van der Waals surface area contributed by atoms with Gasteiger partial charge in [0.1, 0.15) is 5.82 Å². The fourth-order valence-corrected chi connectivity index (χ4v) is 4.85. The molecule has 3 heterocycles. The number of rotatable bonds is 5. The minimum atomic E-state index is 0.711. The molecule has 1 aliphatic carbocycles. The monoisotopic (exact) mass is 422 g/mol. The van der Waals surface area contributed by atoms with Crippen LogP contribution in [0.2, 0.25) is 0 Å². The quantitative estimate of drug-likeness (QED) is 0.513. The van der Waals surface area contributed by atoms with Crippen LogP contribution in [-0.4, -0.2) is 33.8 Å². The Morgan fingerprint density at radius 3 is 2.84 bits per heavy atom. The van der Waals surface area contributed by atoms with Crippen molar-refractivity contribution in [2.24, 2.45) is 0 Å². The van der Waals surface area contributed by atoms with E-state index in [0.717, 1.165) is 61.4 Å². The molecular formula is C26H26N6. The highest BCUT2D eigenvalue weighted by molar-refractivity contribution is 5.91. The molecule has 32 heavy (non-hydrogen) atoms. The number of nitrogens with zero attached hydrogens (tertiary/aromatic N) is 5. The lowest BCUT2D eigenvalue weighted by molar-refractivity contribution is 0.743. The molecule has 0 saturated carbocycles. The van der Waals surface area contributed by atoms with E-state index < -0.39 is 0 Å². The standard InChI is InChI=1S/C26H26N6/c1-31(17-20-12-7-11-19-10-5-6-13-21(19)20)26-27-24-23-22(29-30-24)14-15-32(25(23)28-26)16-18-8-3-2-4-9-18/h2-4,6-9,11-13H,5,10,14-17H2,1H3,(H,27,28,29,30). The van der Waals surface area contributed by atoms with Crippen LogP contribution in [0.25, 0.3) is 17.1 Å². The Morgan fingerprint density at radius 1 is 1.03 bits per heavy atom. The second-order valence-corrected chi connectivity index (χ2v) is 8.69. The zero-order valence-corrected chi connectivity index (χ0v) is 18.3. The number of H-pyrrole nitrogens is 1. The maximum Gasteiger partial charge on any atom is 0.229 e. The van der Waals surface area contributed by atoms with Gasteiger partial charge >= 0.3 is 0 Å². The Balaban J connectivity index is 1.35. The number of aromatic amines is 1. The number of fused-ring (bicyclic) bond motifs is 1. The van der Waals surface area contributed by atoms with Crippen LogP contribution in [0.3, 0.4) is 0 Å². The molecule has 4 aromatic rings. The van der Waals surface area contributed by atoms with Crippen molar-refractivity contribution in [3.8, 4) is 0 Å². The van der Waals surface area contributed by atoms with Gasteiger partial charge < -0.3 is 9.80 Å². The molecule has 0 unspecified atom stereocenters. The Hall–Kier alpha value is -3.67. The lowest BCUT2D eigenvalue weighted by Crippen LogP contribution is -2.30. The number of benzene rings is 2. The SMILES string of the molecule is CN(Cc1cccc2c1C=CCC2)c1nc2c3c([nH]nc3n1)CCN2Cc1ccccc1. The van der Waals surface area contributed by atoms with Crippen molar-refractivity contribution in [3.63, 3.8) is 0 Å². The van der Waals surface area contributed by atoms with Gasteiger partial charge in [-0.1, -0.05) is 60.7 Å². The number of nitrogens with one attached hydrogen (secondary N) is 1. The first kappa shape index (κ1) is 19.0. The van der Waals surface area contributed by atoms with Crippen LogP contribution in [0.5, 0.6) is 0 Å². The van der Waals surface area contributed by atoms with E-state index in [0.29, 0.717) is 5.95 Å². The van der Waals surface area contributed by atoms with Crippen LogP contribution in [0.15, 0.2) is 54.6 Å². The maximum absolute atomic E-state index is 5.05. The lowest BCUT2D eigenvalue weighted by Gasteiger charge is -2.29. The van der Waals surface area contributed by atoms with Gasteiger partial charge in [0.15, 0.2) is 5.65 Å². The van der Waals surface area contributed by atoms with Crippen molar-refractivity contribution in [1.29, 1.82) is 0 Å².